The third-order valence-corrected chi connectivity index (χ3v) is 2.39. The van der Waals surface area contributed by atoms with Gasteiger partial charge in [-0.05, 0) is 6.42 Å². The molecule has 0 spiro atoms. The average molecular weight is 227 g/mol. The van der Waals surface area contributed by atoms with Crippen LogP contribution in [0.4, 0.5) is 5.69 Å². The average Bonchev–Trinajstić information content (AvgIpc) is 2.73. The molecule has 0 saturated heterocycles. The summed E-state index contributed by atoms with van der Waals surface area (Å²) in [5.74, 6) is 0. The van der Waals surface area contributed by atoms with E-state index in [2.05, 4.69) is 17.3 Å². The first kappa shape index (κ1) is 13.0. The molecule has 0 aliphatic carbocycles. The molecule has 5 nitrogen and oxygen atoms in total. The molecule has 0 saturated carbocycles. The molecule has 5 heteroatoms. The van der Waals surface area contributed by atoms with E-state index < -0.39 is 0 Å². The lowest BCUT2D eigenvalue weighted by Crippen LogP contribution is -2.23. The Labute approximate surface area is 96.7 Å². The van der Waals surface area contributed by atoms with Crippen molar-refractivity contribution in [1.82, 2.24) is 9.78 Å². The highest BCUT2D eigenvalue weighted by molar-refractivity contribution is 5.39. The van der Waals surface area contributed by atoms with Crippen LogP contribution >= 0.6 is 0 Å². The van der Waals surface area contributed by atoms with Gasteiger partial charge in [0.1, 0.15) is 0 Å². The summed E-state index contributed by atoms with van der Waals surface area (Å²) in [6.45, 7) is 4.29. The van der Waals surface area contributed by atoms with Gasteiger partial charge < -0.3 is 14.8 Å². The quantitative estimate of drug-likeness (QED) is 0.728. The molecule has 0 amide bonds. The Morgan fingerprint density at radius 1 is 1.44 bits per heavy atom. The van der Waals surface area contributed by atoms with Crippen molar-refractivity contribution in [3.05, 3.63) is 12.4 Å². The standard InChI is InChI=1S/C11H21N3O2/c1-4-10(9-16-3)13-11-7-12-14(8-11)5-6-15-2/h7-8,10,13H,4-6,9H2,1-3H3. The zero-order valence-corrected chi connectivity index (χ0v) is 10.3. The van der Waals surface area contributed by atoms with Crippen LogP contribution in [0.25, 0.3) is 0 Å². The normalized spacial score (nSPS) is 12.7. The van der Waals surface area contributed by atoms with Crippen molar-refractivity contribution in [3.63, 3.8) is 0 Å². The number of hydrogen-bond donors (Lipinski definition) is 1. The van der Waals surface area contributed by atoms with E-state index in [1.807, 2.05) is 17.1 Å². The number of anilines is 1. The summed E-state index contributed by atoms with van der Waals surface area (Å²) >= 11 is 0. The van der Waals surface area contributed by atoms with Gasteiger partial charge in [0.2, 0.25) is 0 Å². The fourth-order valence-corrected chi connectivity index (χ4v) is 1.44. The van der Waals surface area contributed by atoms with Crippen LogP contribution in [-0.2, 0) is 16.0 Å². The van der Waals surface area contributed by atoms with Gasteiger partial charge in [-0.2, -0.15) is 5.10 Å². The second-order valence-electron chi connectivity index (χ2n) is 3.69. The topological polar surface area (TPSA) is 48.3 Å². The number of methoxy groups -OCH3 is 2. The molecular formula is C11H21N3O2. The minimum atomic E-state index is 0.338. The molecule has 16 heavy (non-hydrogen) atoms. The van der Waals surface area contributed by atoms with Gasteiger partial charge in [0.25, 0.3) is 0 Å². The third-order valence-electron chi connectivity index (χ3n) is 2.39. The van der Waals surface area contributed by atoms with Crippen LogP contribution in [0.5, 0.6) is 0 Å². The molecule has 0 fully saturated rings. The van der Waals surface area contributed by atoms with Crippen LogP contribution in [0.1, 0.15) is 13.3 Å². The number of hydrogen-bond acceptors (Lipinski definition) is 4. The number of ether oxygens (including phenoxy) is 2. The molecule has 1 aromatic rings. The number of nitrogens with one attached hydrogen (secondary N) is 1. The molecule has 1 aromatic heterocycles. The number of rotatable bonds is 8. The lowest BCUT2D eigenvalue weighted by atomic mass is 10.2. The van der Waals surface area contributed by atoms with Crippen molar-refractivity contribution in [3.8, 4) is 0 Å². The summed E-state index contributed by atoms with van der Waals surface area (Å²) in [5.41, 5.74) is 1.03. The first-order valence-corrected chi connectivity index (χ1v) is 5.57. The Bertz CT molecular complexity index is 289. The lowest BCUT2D eigenvalue weighted by Gasteiger charge is -2.15. The molecule has 0 radical (unpaired) electrons. The Kier molecular flexibility index (Phi) is 5.88. The fourth-order valence-electron chi connectivity index (χ4n) is 1.44. The van der Waals surface area contributed by atoms with Gasteiger partial charge in [0.15, 0.2) is 0 Å². The predicted molar refractivity (Wildman–Crippen MR) is 63.7 cm³/mol. The van der Waals surface area contributed by atoms with Crippen LogP contribution in [-0.4, -0.2) is 43.3 Å². The Morgan fingerprint density at radius 2 is 2.25 bits per heavy atom. The van der Waals surface area contributed by atoms with Gasteiger partial charge in [0, 0.05) is 26.5 Å². The molecule has 0 aliphatic rings. The Hall–Kier alpha value is -1.07. The first-order chi connectivity index (χ1) is 7.80. The van der Waals surface area contributed by atoms with E-state index in [1.54, 1.807) is 14.2 Å². The van der Waals surface area contributed by atoms with Gasteiger partial charge >= 0.3 is 0 Å². The van der Waals surface area contributed by atoms with Crippen molar-refractivity contribution in [2.45, 2.75) is 25.9 Å². The van der Waals surface area contributed by atoms with Gasteiger partial charge in [-0.3, -0.25) is 4.68 Å². The Morgan fingerprint density at radius 3 is 2.88 bits per heavy atom. The first-order valence-electron chi connectivity index (χ1n) is 5.57. The van der Waals surface area contributed by atoms with Crippen molar-refractivity contribution < 1.29 is 9.47 Å². The summed E-state index contributed by atoms with van der Waals surface area (Å²) < 4.78 is 12.0. The van der Waals surface area contributed by atoms with Gasteiger partial charge in [-0.25, -0.2) is 0 Å². The van der Waals surface area contributed by atoms with E-state index in [1.165, 1.54) is 0 Å². The van der Waals surface area contributed by atoms with Gasteiger partial charge in [0.05, 0.1) is 31.6 Å². The van der Waals surface area contributed by atoms with Gasteiger partial charge in [-0.15, -0.1) is 0 Å². The lowest BCUT2D eigenvalue weighted by molar-refractivity contribution is 0.183. The minimum Gasteiger partial charge on any atom is -0.383 e. The highest BCUT2D eigenvalue weighted by Gasteiger charge is 2.06. The Balaban J connectivity index is 2.43. The van der Waals surface area contributed by atoms with E-state index in [4.69, 9.17) is 9.47 Å². The molecule has 1 unspecified atom stereocenters. The molecule has 1 rings (SSSR count). The summed E-state index contributed by atoms with van der Waals surface area (Å²) in [4.78, 5) is 0. The second kappa shape index (κ2) is 7.24. The number of aromatic nitrogens is 2. The second-order valence-corrected chi connectivity index (χ2v) is 3.69. The van der Waals surface area contributed by atoms with E-state index in [-0.39, 0.29) is 0 Å². The van der Waals surface area contributed by atoms with Crippen LogP contribution in [0.3, 0.4) is 0 Å². The van der Waals surface area contributed by atoms with Crippen LogP contribution in [0, 0.1) is 0 Å². The highest BCUT2D eigenvalue weighted by Crippen LogP contribution is 2.08. The van der Waals surface area contributed by atoms with E-state index in [0.717, 1.165) is 18.7 Å². The van der Waals surface area contributed by atoms with Crippen LogP contribution in [0.2, 0.25) is 0 Å². The van der Waals surface area contributed by atoms with Crippen molar-refractivity contribution in [2.75, 3.05) is 32.8 Å². The largest absolute Gasteiger partial charge is 0.383 e. The molecular weight excluding hydrogens is 206 g/mol. The number of nitrogens with zero attached hydrogens (tertiary/aromatic N) is 2. The van der Waals surface area contributed by atoms with E-state index in [9.17, 15) is 0 Å². The zero-order chi connectivity index (χ0) is 11.8. The summed E-state index contributed by atoms with van der Waals surface area (Å²) in [6.07, 6.45) is 4.84. The molecule has 0 aromatic carbocycles. The monoisotopic (exact) mass is 227 g/mol. The molecule has 1 N–H and O–H groups in total. The molecule has 1 atom stereocenters. The maximum absolute atomic E-state index is 5.13. The summed E-state index contributed by atoms with van der Waals surface area (Å²) in [5, 5.41) is 7.61. The summed E-state index contributed by atoms with van der Waals surface area (Å²) in [7, 11) is 3.40. The molecule has 0 aliphatic heterocycles. The maximum Gasteiger partial charge on any atom is 0.0729 e. The fraction of sp³-hybridized carbons (Fsp3) is 0.727. The highest BCUT2D eigenvalue weighted by atomic mass is 16.5. The zero-order valence-electron chi connectivity index (χ0n) is 10.3. The SMILES string of the molecule is CCC(COC)Nc1cnn(CCOC)c1. The third kappa shape index (κ3) is 4.20. The summed E-state index contributed by atoms with van der Waals surface area (Å²) in [6, 6.07) is 0.338. The maximum atomic E-state index is 5.13. The molecule has 1 heterocycles. The van der Waals surface area contributed by atoms with Crippen LogP contribution < -0.4 is 5.32 Å². The molecule has 0 bridgehead atoms. The van der Waals surface area contributed by atoms with Gasteiger partial charge in [-0.1, -0.05) is 6.92 Å². The van der Waals surface area contributed by atoms with Crippen molar-refractivity contribution in [2.24, 2.45) is 0 Å². The van der Waals surface area contributed by atoms with Crippen LogP contribution in [0.15, 0.2) is 12.4 Å². The molecule has 92 valence electrons. The van der Waals surface area contributed by atoms with Crippen molar-refractivity contribution >= 4 is 5.69 Å². The smallest absolute Gasteiger partial charge is 0.0729 e. The van der Waals surface area contributed by atoms with Crippen molar-refractivity contribution in [1.29, 1.82) is 0 Å². The predicted octanol–water partition coefficient (Wildman–Crippen LogP) is 1.37. The van der Waals surface area contributed by atoms with E-state index in [0.29, 0.717) is 19.3 Å². The minimum absolute atomic E-state index is 0.338. The van der Waals surface area contributed by atoms with E-state index >= 15 is 0 Å².